The van der Waals surface area contributed by atoms with Gasteiger partial charge >= 0.3 is 6.18 Å². The summed E-state index contributed by atoms with van der Waals surface area (Å²) in [5.74, 6) is 0. The van der Waals surface area contributed by atoms with Crippen LogP contribution in [0.15, 0.2) is 54.3 Å². The third kappa shape index (κ3) is 4.94. The van der Waals surface area contributed by atoms with Crippen molar-refractivity contribution < 1.29 is 13.2 Å². The average molecular weight is 486 g/mol. The Morgan fingerprint density at radius 1 is 1.06 bits per heavy atom. The molecule has 2 aromatic heterocycles. The number of rotatable bonds is 7. The van der Waals surface area contributed by atoms with E-state index in [9.17, 15) is 13.2 Å². The first-order valence-electron chi connectivity index (χ1n) is 11.0. The largest absolute Gasteiger partial charge is 0.417 e. The minimum absolute atomic E-state index is 0.0472. The van der Waals surface area contributed by atoms with Crippen molar-refractivity contribution in [3.8, 4) is 16.9 Å². The second-order valence-electron chi connectivity index (χ2n) is 7.98. The van der Waals surface area contributed by atoms with Gasteiger partial charge in [0.25, 0.3) is 0 Å². The Bertz CT molecular complexity index is 1290. The summed E-state index contributed by atoms with van der Waals surface area (Å²) in [6.07, 6.45) is -1.33. The zero-order valence-corrected chi connectivity index (χ0v) is 20.3. The van der Waals surface area contributed by atoms with Gasteiger partial charge in [-0.15, -0.1) is 11.3 Å². The number of hydrogen-bond acceptors (Lipinski definition) is 5. The van der Waals surface area contributed by atoms with Crippen molar-refractivity contribution in [3.63, 3.8) is 0 Å². The van der Waals surface area contributed by atoms with E-state index < -0.39 is 11.7 Å². The average Bonchev–Trinajstić information content (AvgIpc) is 3.44. The maximum Gasteiger partial charge on any atom is 0.417 e. The van der Waals surface area contributed by atoms with Crippen LogP contribution in [0.1, 0.15) is 30.7 Å². The molecule has 2 heterocycles. The van der Waals surface area contributed by atoms with Crippen LogP contribution in [-0.2, 0) is 6.18 Å². The predicted octanol–water partition coefficient (Wildman–Crippen LogP) is 7.22. The van der Waals surface area contributed by atoms with Crippen LogP contribution in [-0.4, -0.2) is 27.6 Å². The number of thiazole rings is 1. The highest BCUT2D eigenvalue weighted by atomic mass is 32.1. The number of hydrogen-bond donors (Lipinski definition) is 1. The topological polar surface area (TPSA) is 46.0 Å². The van der Waals surface area contributed by atoms with Crippen LogP contribution in [0.4, 0.5) is 29.7 Å². The van der Waals surface area contributed by atoms with E-state index in [4.69, 9.17) is 0 Å². The molecule has 0 atom stereocenters. The summed E-state index contributed by atoms with van der Waals surface area (Å²) >= 11 is 1.28. The zero-order valence-electron chi connectivity index (χ0n) is 19.4. The third-order valence-corrected chi connectivity index (χ3v) is 6.44. The van der Waals surface area contributed by atoms with Gasteiger partial charge in [-0.3, -0.25) is 0 Å². The number of aryl methyl sites for hydroxylation is 2. The van der Waals surface area contributed by atoms with E-state index in [-0.39, 0.29) is 11.3 Å². The molecular weight excluding hydrogens is 459 g/mol. The van der Waals surface area contributed by atoms with Gasteiger partial charge in [0.2, 0.25) is 0 Å². The van der Waals surface area contributed by atoms with Crippen molar-refractivity contribution >= 4 is 27.8 Å². The fourth-order valence-electron chi connectivity index (χ4n) is 3.86. The maximum absolute atomic E-state index is 13.9. The number of aromatic nitrogens is 3. The van der Waals surface area contributed by atoms with Gasteiger partial charge in [-0.2, -0.15) is 13.2 Å². The number of benzene rings is 2. The zero-order chi connectivity index (χ0) is 24.5. The molecule has 1 N–H and O–H groups in total. The van der Waals surface area contributed by atoms with Gasteiger partial charge in [0.05, 0.1) is 23.3 Å². The lowest BCUT2D eigenvalue weighted by Gasteiger charge is -2.22. The first-order valence-corrected chi connectivity index (χ1v) is 11.9. The van der Waals surface area contributed by atoms with Gasteiger partial charge in [-0.1, -0.05) is 6.07 Å². The third-order valence-electron chi connectivity index (χ3n) is 5.68. The van der Waals surface area contributed by atoms with Crippen LogP contribution in [0.25, 0.3) is 16.9 Å². The fraction of sp³-hybridized carbons (Fsp3) is 0.280. The lowest BCUT2D eigenvalue weighted by atomic mass is 10.0. The number of alkyl halides is 3. The second kappa shape index (κ2) is 9.50. The molecule has 0 saturated carbocycles. The quantitative estimate of drug-likeness (QED) is 0.300. The Balaban J connectivity index is 1.63. The summed E-state index contributed by atoms with van der Waals surface area (Å²) in [4.78, 5) is 10.8. The van der Waals surface area contributed by atoms with Crippen molar-refractivity contribution in [2.24, 2.45) is 0 Å². The summed E-state index contributed by atoms with van der Waals surface area (Å²) in [6, 6.07) is 10.4. The number of anilines is 3. The molecule has 0 amide bonds. The molecule has 178 valence electrons. The molecule has 2 aromatic carbocycles. The van der Waals surface area contributed by atoms with Crippen LogP contribution in [0.5, 0.6) is 0 Å². The summed E-state index contributed by atoms with van der Waals surface area (Å²) in [6.45, 7) is 9.85. The Morgan fingerprint density at radius 3 is 2.44 bits per heavy atom. The van der Waals surface area contributed by atoms with Gasteiger partial charge in [0.1, 0.15) is 0 Å². The first-order chi connectivity index (χ1) is 16.2. The van der Waals surface area contributed by atoms with Crippen LogP contribution >= 0.6 is 11.3 Å². The van der Waals surface area contributed by atoms with Gasteiger partial charge in [-0.25, -0.2) is 9.97 Å². The molecule has 0 fully saturated rings. The van der Waals surface area contributed by atoms with E-state index in [0.717, 1.165) is 41.8 Å². The monoisotopic (exact) mass is 485 g/mol. The number of imidazole rings is 1. The molecule has 0 radical (unpaired) electrons. The molecule has 34 heavy (non-hydrogen) atoms. The highest BCUT2D eigenvalue weighted by Crippen LogP contribution is 2.39. The highest BCUT2D eigenvalue weighted by molar-refractivity contribution is 7.14. The van der Waals surface area contributed by atoms with Crippen LogP contribution < -0.4 is 10.2 Å². The van der Waals surface area contributed by atoms with Crippen LogP contribution in [0, 0.1) is 13.8 Å². The van der Waals surface area contributed by atoms with Crippen LogP contribution in [0.2, 0.25) is 0 Å². The van der Waals surface area contributed by atoms with E-state index in [1.807, 2.05) is 19.1 Å². The maximum atomic E-state index is 13.9. The van der Waals surface area contributed by atoms with E-state index in [1.165, 1.54) is 23.7 Å². The van der Waals surface area contributed by atoms with E-state index in [2.05, 4.69) is 40.1 Å². The summed E-state index contributed by atoms with van der Waals surface area (Å²) in [5.41, 5.74) is 3.78. The summed E-state index contributed by atoms with van der Waals surface area (Å²) < 4.78 is 43.4. The standard InChI is InChI=1S/C25H26F3N5S/c1-5-32(6-2)18-8-10-22(16(3)11-18)30-24-31-23(14-34-24)20-9-7-19(12-21(20)25(26,27)28)33-13-17(4)29-15-33/h7-15H,5-6H2,1-4H3,(H,30,31). The first kappa shape index (κ1) is 23.8. The Kier molecular flexibility index (Phi) is 6.65. The summed E-state index contributed by atoms with van der Waals surface area (Å²) in [5, 5.41) is 5.44. The Morgan fingerprint density at radius 2 is 1.82 bits per heavy atom. The Labute approximate surface area is 200 Å². The molecule has 0 aliphatic rings. The van der Waals surface area contributed by atoms with Crippen LogP contribution in [0.3, 0.4) is 0 Å². The molecular formula is C25H26F3N5S. The van der Waals surface area contributed by atoms with Gasteiger partial charge in [-0.05, 0) is 63.6 Å². The lowest BCUT2D eigenvalue weighted by molar-refractivity contribution is -0.137. The predicted molar refractivity (Wildman–Crippen MR) is 132 cm³/mol. The lowest BCUT2D eigenvalue weighted by Crippen LogP contribution is -2.21. The number of nitrogens with one attached hydrogen (secondary N) is 1. The molecule has 0 saturated heterocycles. The Hall–Kier alpha value is -3.33. The molecule has 0 aliphatic carbocycles. The SMILES string of the molecule is CCN(CC)c1ccc(Nc2nc(-c3ccc(-n4cnc(C)c4)cc3C(F)(F)F)cs2)c(C)c1. The molecule has 0 bridgehead atoms. The molecule has 9 heteroatoms. The van der Waals surface area contributed by atoms with Crippen molar-refractivity contribution in [1.82, 2.24) is 14.5 Å². The van der Waals surface area contributed by atoms with Gasteiger partial charge in [0.15, 0.2) is 5.13 Å². The molecule has 4 aromatic rings. The minimum Gasteiger partial charge on any atom is -0.372 e. The van der Waals surface area contributed by atoms with Crippen molar-refractivity contribution in [2.45, 2.75) is 33.9 Å². The number of halogens is 3. The molecule has 0 spiro atoms. The van der Waals surface area contributed by atoms with Gasteiger partial charge < -0.3 is 14.8 Å². The van der Waals surface area contributed by atoms with E-state index >= 15 is 0 Å². The normalized spacial score (nSPS) is 11.6. The molecule has 0 aliphatic heterocycles. The molecule has 5 nitrogen and oxygen atoms in total. The smallest absolute Gasteiger partial charge is 0.372 e. The van der Waals surface area contributed by atoms with Crippen molar-refractivity contribution in [2.75, 3.05) is 23.3 Å². The van der Waals surface area contributed by atoms with E-state index in [1.54, 1.807) is 29.1 Å². The highest BCUT2D eigenvalue weighted by Gasteiger charge is 2.34. The molecule has 0 unspecified atom stereocenters. The minimum atomic E-state index is -4.52. The second-order valence-corrected chi connectivity index (χ2v) is 8.84. The van der Waals surface area contributed by atoms with E-state index in [0.29, 0.717) is 10.8 Å². The van der Waals surface area contributed by atoms with Crippen molar-refractivity contribution in [3.05, 3.63) is 71.1 Å². The number of nitrogens with zero attached hydrogens (tertiary/aromatic N) is 4. The van der Waals surface area contributed by atoms with Gasteiger partial charge in [0, 0.05) is 47.3 Å². The fourth-order valence-corrected chi connectivity index (χ4v) is 4.58. The summed E-state index contributed by atoms with van der Waals surface area (Å²) in [7, 11) is 0. The molecule has 4 rings (SSSR count). The van der Waals surface area contributed by atoms with Crippen molar-refractivity contribution in [1.29, 1.82) is 0 Å².